The van der Waals surface area contributed by atoms with Gasteiger partial charge in [-0.2, -0.15) is 0 Å². The summed E-state index contributed by atoms with van der Waals surface area (Å²) >= 11 is 1.74. The molecule has 0 saturated heterocycles. The van der Waals surface area contributed by atoms with Crippen LogP contribution in [0, 0.1) is 0 Å². The molecule has 2 N–H and O–H groups in total. The van der Waals surface area contributed by atoms with Crippen molar-refractivity contribution in [3.05, 3.63) is 0 Å². The highest BCUT2D eigenvalue weighted by molar-refractivity contribution is 8.12. The van der Waals surface area contributed by atoms with Gasteiger partial charge in [0.05, 0.1) is 11.6 Å². The van der Waals surface area contributed by atoms with Gasteiger partial charge in [-0.05, 0) is 0 Å². The number of thioether (sulfide) groups is 1. The minimum Gasteiger partial charge on any atom is -0.328 e. The molecule has 7 heavy (non-hydrogen) atoms. The zero-order valence-electron chi connectivity index (χ0n) is 4.00. The molecule has 40 valence electrons. The lowest BCUT2D eigenvalue weighted by molar-refractivity contribution is 0.779. The van der Waals surface area contributed by atoms with Gasteiger partial charge in [-0.25, -0.2) is 0 Å². The summed E-state index contributed by atoms with van der Waals surface area (Å²) in [5.41, 5.74) is 7.18. The first-order valence-corrected chi connectivity index (χ1v) is 3.31. The Hall–Kier alpha value is -0.0200. The molecule has 1 aliphatic heterocycles. The number of aliphatic imine (C=N–C) groups is 1. The van der Waals surface area contributed by atoms with Gasteiger partial charge in [-0.15, -0.1) is 11.8 Å². The Labute approximate surface area is 47.2 Å². The molecule has 0 bridgehead atoms. The third-order valence-electron chi connectivity index (χ3n) is 0.907. The van der Waals surface area contributed by atoms with Gasteiger partial charge in [-0.1, -0.05) is 0 Å². The van der Waals surface area contributed by atoms with Crippen LogP contribution >= 0.6 is 11.8 Å². The molecule has 0 aliphatic carbocycles. The van der Waals surface area contributed by atoms with Crippen LogP contribution in [0.3, 0.4) is 0 Å². The second-order valence-corrected chi connectivity index (χ2v) is 2.35. The average molecular weight is 116 g/mol. The molecule has 0 aromatic heterocycles. The predicted molar refractivity (Wildman–Crippen MR) is 33.8 cm³/mol. The van der Waals surface area contributed by atoms with Crippen LogP contribution in [-0.2, 0) is 0 Å². The number of nitrogens with zero attached hydrogens (tertiary/aromatic N) is 1. The van der Waals surface area contributed by atoms with Crippen molar-refractivity contribution >= 4 is 17.3 Å². The fraction of sp³-hybridized carbons (Fsp3) is 0.750. The monoisotopic (exact) mass is 116 g/mol. The van der Waals surface area contributed by atoms with E-state index in [2.05, 4.69) is 4.99 Å². The maximum Gasteiger partial charge on any atom is 0.0721 e. The summed E-state index contributed by atoms with van der Waals surface area (Å²) in [6.45, 7) is 0.698. The van der Waals surface area contributed by atoms with Gasteiger partial charge in [-0.3, -0.25) is 4.99 Å². The van der Waals surface area contributed by atoms with Crippen LogP contribution in [0.25, 0.3) is 0 Å². The maximum atomic E-state index is 5.31. The molecular formula is C4H8N2S. The summed E-state index contributed by atoms with van der Waals surface area (Å²) in [4.78, 5) is 4.07. The Morgan fingerprint density at radius 3 is 3.14 bits per heavy atom. The Bertz CT molecular complexity index is 81.8. The second-order valence-electron chi connectivity index (χ2n) is 1.48. The van der Waals surface area contributed by atoms with E-state index in [0.717, 1.165) is 5.75 Å². The van der Waals surface area contributed by atoms with E-state index in [9.17, 15) is 0 Å². The van der Waals surface area contributed by atoms with Gasteiger partial charge in [0, 0.05) is 12.3 Å². The van der Waals surface area contributed by atoms with Crippen LogP contribution in [0.4, 0.5) is 0 Å². The van der Waals surface area contributed by atoms with E-state index in [1.54, 1.807) is 11.8 Å². The lowest BCUT2D eigenvalue weighted by Gasteiger charge is -1.96. The molecule has 1 atom stereocenters. The van der Waals surface area contributed by atoms with Crippen LogP contribution in [0.15, 0.2) is 4.99 Å². The van der Waals surface area contributed by atoms with Crippen molar-refractivity contribution in [1.29, 1.82) is 0 Å². The molecule has 2 nitrogen and oxygen atoms in total. The van der Waals surface area contributed by atoms with Gasteiger partial charge in [0.2, 0.25) is 0 Å². The maximum absolute atomic E-state index is 5.31. The lowest BCUT2D eigenvalue weighted by atomic mass is 10.4. The highest BCUT2D eigenvalue weighted by Gasteiger charge is 2.06. The van der Waals surface area contributed by atoms with Gasteiger partial charge in [0.25, 0.3) is 0 Å². The van der Waals surface area contributed by atoms with Crippen LogP contribution in [0.1, 0.15) is 0 Å². The van der Waals surface area contributed by atoms with E-state index >= 15 is 0 Å². The standard InChI is InChI=1S/C4H8N2S/c5-1-4-2-7-3-6-4/h3-4H,1-2,5H2. The SMILES string of the molecule is NCC1CSC=N1. The van der Waals surface area contributed by atoms with Crippen molar-refractivity contribution < 1.29 is 0 Å². The smallest absolute Gasteiger partial charge is 0.0721 e. The fourth-order valence-electron chi connectivity index (χ4n) is 0.455. The molecule has 0 amide bonds. The third-order valence-corrected chi connectivity index (χ3v) is 1.75. The molecule has 0 spiro atoms. The molecule has 1 aliphatic rings. The highest BCUT2D eigenvalue weighted by atomic mass is 32.2. The predicted octanol–water partition coefficient (Wildman–Crippen LogP) is 0.0888. The van der Waals surface area contributed by atoms with Crippen LogP contribution in [-0.4, -0.2) is 23.9 Å². The van der Waals surface area contributed by atoms with Gasteiger partial charge >= 0.3 is 0 Å². The number of nitrogens with two attached hydrogens (primary N) is 1. The summed E-state index contributed by atoms with van der Waals surface area (Å²) in [7, 11) is 0. The van der Waals surface area contributed by atoms with Gasteiger partial charge in [0.1, 0.15) is 0 Å². The van der Waals surface area contributed by atoms with Crippen molar-refractivity contribution in [3.8, 4) is 0 Å². The Balaban J connectivity index is 2.28. The summed E-state index contributed by atoms with van der Waals surface area (Å²) in [6.07, 6.45) is 0. The first-order valence-electron chi connectivity index (χ1n) is 2.27. The van der Waals surface area contributed by atoms with Crippen LogP contribution in [0.2, 0.25) is 0 Å². The van der Waals surface area contributed by atoms with E-state index < -0.39 is 0 Å². The molecule has 0 fully saturated rings. The molecule has 0 aromatic carbocycles. The van der Waals surface area contributed by atoms with E-state index in [4.69, 9.17) is 5.73 Å². The van der Waals surface area contributed by atoms with Gasteiger partial charge in [0.15, 0.2) is 0 Å². The van der Waals surface area contributed by atoms with Crippen molar-refractivity contribution in [3.63, 3.8) is 0 Å². The van der Waals surface area contributed by atoms with Crippen molar-refractivity contribution in [2.45, 2.75) is 6.04 Å². The lowest BCUT2D eigenvalue weighted by Crippen LogP contribution is -2.17. The van der Waals surface area contributed by atoms with E-state index in [1.165, 1.54) is 0 Å². The number of hydrogen-bond acceptors (Lipinski definition) is 3. The van der Waals surface area contributed by atoms with Crippen LogP contribution in [0.5, 0.6) is 0 Å². The summed E-state index contributed by atoms with van der Waals surface area (Å²) < 4.78 is 0. The third kappa shape index (κ3) is 1.17. The van der Waals surface area contributed by atoms with Crippen molar-refractivity contribution in [1.82, 2.24) is 0 Å². The molecule has 1 unspecified atom stereocenters. The number of hydrogen-bond donors (Lipinski definition) is 1. The largest absolute Gasteiger partial charge is 0.328 e. The summed E-state index contributed by atoms with van der Waals surface area (Å²) in [5.74, 6) is 1.08. The van der Waals surface area contributed by atoms with E-state index in [1.807, 2.05) is 5.55 Å². The number of rotatable bonds is 1. The van der Waals surface area contributed by atoms with Crippen molar-refractivity contribution in [2.24, 2.45) is 10.7 Å². The summed E-state index contributed by atoms with van der Waals surface area (Å²) in [5, 5.41) is 0. The zero-order valence-corrected chi connectivity index (χ0v) is 4.82. The van der Waals surface area contributed by atoms with Crippen molar-refractivity contribution in [2.75, 3.05) is 12.3 Å². The molecule has 3 heteroatoms. The quantitative estimate of drug-likeness (QED) is 0.527. The molecule has 1 rings (SSSR count). The molecular weight excluding hydrogens is 108 g/mol. The Kier molecular flexibility index (Phi) is 1.70. The Morgan fingerprint density at radius 2 is 2.86 bits per heavy atom. The molecule has 0 aromatic rings. The molecule has 0 saturated carbocycles. The normalized spacial score (nSPS) is 29.0. The highest BCUT2D eigenvalue weighted by Crippen LogP contribution is 2.08. The fourth-order valence-corrected chi connectivity index (χ4v) is 1.24. The average Bonchev–Trinajstić information content (AvgIpc) is 2.14. The first kappa shape index (κ1) is 5.12. The van der Waals surface area contributed by atoms with Crippen LogP contribution < -0.4 is 5.73 Å². The van der Waals surface area contributed by atoms with Gasteiger partial charge < -0.3 is 5.73 Å². The minimum atomic E-state index is 0.407. The Morgan fingerprint density at radius 1 is 2.00 bits per heavy atom. The zero-order chi connectivity index (χ0) is 5.11. The molecule has 0 radical (unpaired) electrons. The van der Waals surface area contributed by atoms with E-state index in [0.29, 0.717) is 12.6 Å². The minimum absolute atomic E-state index is 0.407. The molecule has 1 heterocycles. The summed E-state index contributed by atoms with van der Waals surface area (Å²) in [6, 6.07) is 0.407. The first-order chi connectivity index (χ1) is 3.43. The van der Waals surface area contributed by atoms with E-state index in [-0.39, 0.29) is 0 Å². The topological polar surface area (TPSA) is 38.4 Å². The second kappa shape index (κ2) is 2.33.